The fraction of sp³-hybridized carbons (Fsp3) is 0.235. The zero-order chi connectivity index (χ0) is 15.7. The van der Waals surface area contributed by atoms with Gasteiger partial charge in [0.1, 0.15) is 0 Å². The van der Waals surface area contributed by atoms with Crippen LogP contribution in [0.2, 0.25) is 15.1 Å². The van der Waals surface area contributed by atoms with E-state index in [0.29, 0.717) is 26.5 Å². The summed E-state index contributed by atoms with van der Waals surface area (Å²) in [7, 11) is 0. The SMILES string of the molecule is O=C(N[C@H]1CC[C@H]1c1ccc(Cl)cc1)c1c(Cl)cccc1Cl. The van der Waals surface area contributed by atoms with Gasteiger partial charge in [-0.1, -0.05) is 53.0 Å². The van der Waals surface area contributed by atoms with Gasteiger partial charge in [-0.2, -0.15) is 0 Å². The number of nitrogens with one attached hydrogen (secondary N) is 1. The van der Waals surface area contributed by atoms with Crippen molar-refractivity contribution in [2.45, 2.75) is 24.8 Å². The van der Waals surface area contributed by atoms with Gasteiger partial charge in [-0.25, -0.2) is 0 Å². The van der Waals surface area contributed by atoms with E-state index in [1.165, 1.54) is 5.56 Å². The van der Waals surface area contributed by atoms with E-state index in [1.807, 2.05) is 24.3 Å². The highest BCUT2D eigenvalue weighted by Crippen LogP contribution is 2.38. The lowest BCUT2D eigenvalue weighted by Gasteiger charge is -2.37. The molecule has 1 amide bonds. The van der Waals surface area contributed by atoms with Gasteiger partial charge in [0.15, 0.2) is 0 Å². The Morgan fingerprint density at radius 3 is 2.14 bits per heavy atom. The minimum absolute atomic E-state index is 0.0982. The molecule has 0 aromatic heterocycles. The third kappa shape index (κ3) is 3.10. The third-order valence-corrected chi connectivity index (χ3v) is 4.96. The van der Waals surface area contributed by atoms with E-state index < -0.39 is 0 Å². The summed E-state index contributed by atoms with van der Waals surface area (Å²) in [4.78, 5) is 12.4. The third-order valence-electron chi connectivity index (χ3n) is 4.08. The summed E-state index contributed by atoms with van der Waals surface area (Å²) in [6, 6.07) is 12.9. The molecule has 2 atom stereocenters. The van der Waals surface area contributed by atoms with Gasteiger partial charge in [-0.05, 0) is 42.7 Å². The number of hydrogen-bond acceptors (Lipinski definition) is 1. The van der Waals surface area contributed by atoms with E-state index in [9.17, 15) is 4.79 Å². The Hall–Kier alpha value is -1.22. The van der Waals surface area contributed by atoms with Gasteiger partial charge in [-0.15, -0.1) is 0 Å². The van der Waals surface area contributed by atoms with Gasteiger partial charge >= 0.3 is 0 Å². The normalized spacial score (nSPS) is 20.3. The number of carbonyl (C=O) groups excluding carboxylic acids is 1. The van der Waals surface area contributed by atoms with Gasteiger partial charge in [0.05, 0.1) is 15.6 Å². The van der Waals surface area contributed by atoms with Crippen LogP contribution in [0.5, 0.6) is 0 Å². The molecule has 2 nitrogen and oxygen atoms in total. The molecule has 1 aliphatic carbocycles. The van der Waals surface area contributed by atoms with Crippen molar-refractivity contribution in [3.05, 3.63) is 68.7 Å². The molecule has 1 fully saturated rings. The highest BCUT2D eigenvalue weighted by molar-refractivity contribution is 6.39. The maximum absolute atomic E-state index is 12.4. The lowest BCUT2D eigenvalue weighted by molar-refractivity contribution is 0.0905. The molecule has 1 aliphatic rings. The molecule has 3 rings (SSSR count). The van der Waals surface area contributed by atoms with Crippen LogP contribution in [-0.2, 0) is 0 Å². The predicted octanol–water partition coefficient (Wildman–Crippen LogP) is 5.32. The summed E-state index contributed by atoms with van der Waals surface area (Å²) in [6.45, 7) is 0. The molecule has 0 saturated heterocycles. The number of carbonyl (C=O) groups is 1. The zero-order valence-corrected chi connectivity index (χ0v) is 13.9. The fourth-order valence-electron chi connectivity index (χ4n) is 2.74. The molecule has 0 aliphatic heterocycles. The molecule has 5 heteroatoms. The van der Waals surface area contributed by atoms with Crippen molar-refractivity contribution in [1.29, 1.82) is 0 Å². The van der Waals surface area contributed by atoms with Crippen molar-refractivity contribution < 1.29 is 4.79 Å². The van der Waals surface area contributed by atoms with Crippen molar-refractivity contribution >= 4 is 40.7 Å². The van der Waals surface area contributed by atoms with Gasteiger partial charge in [0.25, 0.3) is 5.91 Å². The smallest absolute Gasteiger partial charge is 0.254 e. The average molecular weight is 355 g/mol. The first-order chi connectivity index (χ1) is 10.6. The Morgan fingerprint density at radius 2 is 1.59 bits per heavy atom. The van der Waals surface area contributed by atoms with E-state index in [4.69, 9.17) is 34.8 Å². The van der Waals surface area contributed by atoms with Gasteiger partial charge in [0.2, 0.25) is 0 Å². The molecule has 2 aromatic carbocycles. The molecule has 0 heterocycles. The molecule has 114 valence electrons. The summed E-state index contributed by atoms with van der Waals surface area (Å²) >= 11 is 18.1. The standard InChI is InChI=1S/C17H14Cl3NO/c18-11-6-4-10(5-7-11)12-8-9-15(12)21-17(22)16-13(19)2-1-3-14(16)20/h1-7,12,15H,8-9H2,(H,21,22)/t12-,15-/m0/s1. The van der Waals surface area contributed by atoms with E-state index in [0.717, 1.165) is 12.8 Å². The van der Waals surface area contributed by atoms with Crippen LogP contribution in [0.4, 0.5) is 0 Å². The van der Waals surface area contributed by atoms with Crippen LogP contribution < -0.4 is 5.32 Å². The van der Waals surface area contributed by atoms with E-state index in [-0.39, 0.29) is 11.9 Å². The van der Waals surface area contributed by atoms with Crippen molar-refractivity contribution in [2.24, 2.45) is 0 Å². The number of amides is 1. The second kappa shape index (κ2) is 6.49. The summed E-state index contributed by atoms with van der Waals surface area (Å²) in [6.07, 6.45) is 1.99. The second-order valence-corrected chi connectivity index (χ2v) is 6.66. The first kappa shape index (κ1) is 15.7. The van der Waals surface area contributed by atoms with E-state index in [1.54, 1.807) is 18.2 Å². The Kier molecular flexibility index (Phi) is 4.62. The maximum Gasteiger partial charge on any atom is 0.254 e. The summed E-state index contributed by atoms with van der Waals surface area (Å²) in [5.41, 5.74) is 1.53. The van der Waals surface area contributed by atoms with Crippen LogP contribution in [-0.4, -0.2) is 11.9 Å². The van der Waals surface area contributed by atoms with Crippen molar-refractivity contribution in [2.75, 3.05) is 0 Å². The quantitative estimate of drug-likeness (QED) is 0.793. The Bertz CT molecular complexity index is 679. The topological polar surface area (TPSA) is 29.1 Å². The van der Waals surface area contributed by atoms with E-state index in [2.05, 4.69) is 5.32 Å². The Labute approximate surface area is 144 Å². The lowest BCUT2D eigenvalue weighted by Crippen LogP contribution is -2.45. The minimum Gasteiger partial charge on any atom is -0.349 e. The fourth-order valence-corrected chi connectivity index (χ4v) is 3.43. The monoisotopic (exact) mass is 353 g/mol. The van der Waals surface area contributed by atoms with Crippen LogP contribution in [0.3, 0.4) is 0 Å². The minimum atomic E-state index is -0.223. The van der Waals surface area contributed by atoms with Crippen molar-refractivity contribution in [1.82, 2.24) is 5.32 Å². The van der Waals surface area contributed by atoms with Crippen molar-refractivity contribution in [3.63, 3.8) is 0 Å². The summed E-state index contributed by atoms with van der Waals surface area (Å²) in [5, 5.41) is 4.49. The average Bonchev–Trinajstić information content (AvgIpc) is 2.46. The van der Waals surface area contributed by atoms with Crippen LogP contribution in [0, 0.1) is 0 Å². The lowest BCUT2D eigenvalue weighted by atomic mass is 9.75. The molecule has 0 unspecified atom stereocenters. The summed E-state index contributed by atoms with van der Waals surface area (Å²) < 4.78 is 0. The zero-order valence-electron chi connectivity index (χ0n) is 11.7. The van der Waals surface area contributed by atoms with Crippen molar-refractivity contribution in [3.8, 4) is 0 Å². The molecule has 0 bridgehead atoms. The molecule has 0 radical (unpaired) electrons. The maximum atomic E-state index is 12.4. The number of halogens is 3. The summed E-state index contributed by atoms with van der Waals surface area (Å²) in [5.74, 6) is 0.0849. The molecule has 1 saturated carbocycles. The molecule has 22 heavy (non-hydrogen) atoms. The first-order valence-electron chi connectivity index (χ1n) is 7.06. The van der Waals surface area contributed by atoms with Crippen LogP contribution in [0.15, 0.2) is 42.5 Å². The van der Waals surface area contributed by atoms with Gasteiger partial charge in [0, 0.05) is 17.0 Å². The first-order valence-corrected chi connectivity index (χ1v) is 8.20. The molecule has 2 aromatic rings. The highest BCUT2D eigenvalue weighted by Gasteiger charge is 2.34. The predicted molar refractivity (Wildman–Crippen MR) is 91.1 cm³/mol. The number of hydrogen-bond donors (Lipinski definition) is 1. The number of benzene rings is 2. The van der Waals surface area contributed by atoms with Crippen LogP contribution in [0.1, 0.15) is 34.7 Å². The Morgan fingerprint density at radius 1 is 0.955 bits per heavy atom. The highest BCUT2D eigenvalue weighted by atomic mass is 35.5. The second-order valence-electron chi connectivity index (χ2n) is 5.41. The molecule has 1 N–H and O–H groups in total. The number of rotatable bonds is 3. The molecular formula is C17H14Cl3NO. The molecular weight excluding hydrogens is 341 g/mol. The molecule has 0 spiro atoms. The van der Waals surface area contributed by atoms with E-state index >= 15 is 0 Å². The van der Waals surface area contributed by atoms with Crippen LogP contribution >= 0.6 is 34.8 Å². The largest absolute Gasteiger partial charge is 0.349 e. The van der Waals surface area contributed by atoms with Gasteiger partial charge in [-0.3, -0.25) is 4.79 Å². The van der Waals surface area contributed by atoms with Crippen LogP contribution in [0.25, 0.3) is 0 Å². The van der Waals surface area contributed by atoms with Gasteiger partial charge < -0.3 is 5.32 Å². The Balaban J connectivity index is 1.73.